The van der Waals surface area contributed by atoms with Gasteiger partial charge in [0.05, 0.1) is 24.1 Å². The van der Waals surface area contributed by atoms with Crippen molar-refractivity contribution in [3.8, 4) is 0 Å². The third kappa shape index (κ3) is 5.36. The zero-order valence-electron chi connectivity index (χ0n) is 13.6. The van der Waals surface area contributed by atoms with Crippen molar-refractivity contribution in [3.05, 3.63) is 48.3 Å². The zero-order chi connectivity index (χ0) is 17.4. The van der Waals surface area contributed by atoms with Crippen LogP contribution in [0.5, 0.6) is 0 Å². The SMILES string of the molecule is COCCNC(=O)c1cncc(Nc2ccc(NC(C)=O)cc2)c1. The first kappa shape index (κ1) is 17.4. The van der Waals surface area contributed by atoms with Crippen molar-refractivity contribution >= 4 is 28.9 Å². The van der Waals surface area contributed by atoms with E-state index >= 15 is 0 Å². The number of pyridine rings is 1. The maximum Gasteiger partial charge on any atom is 0.253 e. The molecule has 0 saturated heterocycles. The summed E-state index contributed by atoms with van der Waals surface area (Å²) in [6, 6.07) is 8.96. The van der Waals surface area contributed by atoms with E-state index in [1.807, 2.05) is 12.1 Å². The average Bonchev–Trinajstić information content (AvgIpc) is 2.56. The Labute approximate surface area is 140 Å². The van der Waals surface area contributed by atoms with Gasteiger partial charge in [-0.3, -0.25) is 14.6 Å². The van der Waals surface area contributed by atoms with Gasteiger partial charge in [0.15, 0.2) is 0 Å². The van der Waals surface area contributed by atoms with Gasteiger partial charge in [-0.25, -0.2) is 0 Å². The molecule has 0 saturated carbocycles. The molecule has 1 aromatic heterocycles. The van der Waals surface area contributed by atoms with E-state index < -0.39 is 0 Å². The molecule has 0 aliphatic rings. The number of carbonyl (C=O) groups is 2. The molecule has 0 unspecified atom stereocenters. The van der Waals surface area contributed by atoms with Gasteiger partial charge in [0.2, 0.25) is 5.91 Å². The highest BCUT2D eigenvalue weighted by Crippen LogP contribution is 2.19. The predicted octanol–water partition coefficient (Wildman–Crippen LogP) is 2.16. The van der Waals surface area contributed by atoms with Crippen LogP contribution in [0.1, 0.15) is 17.3 Å². The standard InChI is InChI=1S/C17H20N4O3/c1-12(22)20-14-3-5-15(6-4-14)21-16-9-13(10-18-11-16)17(23)19-7-8-24-2/h3-6,9-11,21H,7-8H2,1-2H3,(H,19,23)(H,20,22). The molecular formula is C17H20N4O3. The highest BCUT2D eigenvalue weighted by Gasteiger charge is 2.06. The molecule has 0 spiro atoms. The molecule has 0 atom stereocenters. The average molecular weight is 328 g/mol. The summed E-state index contributed by atoms with van der Waals surface area (Å²) in [6.45, 7) is 2.36. The Morgan fingerprint density at radius 2 is 1.79 bits per heavy atom. The Morgan fingerprint density at radius 3 is 2.46 bits per heavy atom. The van der Waals surface area contributed by atoms with E-state index in [1.165, 1.54) is 13.1 Å². The zero-order valence-corrected chi connectivity index (χ0v) is 13.6. The number of ether oxygens (including phenoxy) is 1. The smallest absolute Gasteiger partial charge is 0.253 e. The largest absolute Gasteiger partial charge is 0.383 e. The number of rotatable bonds is 7. The lowest BCUT2D eigenvalue weighted by Crippen LogP contribution is -2.27. The van der Waals surface area contributed by atoms with Crippen molar-refractivity contribution in [3.63, 3.8) is 0 Å². The summed E-state index contributed by atoms with van der Waals surface area (Å²) in [5.41, 5.74) is 2.70. The van der Waals surface area contributed by atoms with Gasteiger partial charge in [-0.05, 0) is 30.3 Å². The molecule has 2 amide bonds. The van der Waals surface area contributed by atoms with Crippen molar-refractivity contribution in [2.75, 3.05) is 30.9 Å². The van der Waals surface area contributed by atoms with Crippen LogP contribution >= 0.6 is 0 Å². The second-order valence-corrected chi connectivity index (χ2v) is 5.09. The fourth-order valence-corrected chi connectivity index (χ4v) is 2.01. The lowest BCUT2D eigenvalue weighted by molar-refractivity contribution is -0.114. The van der Waals surface area contributed by atoms with E-state index in [4.69, 9.17) is 4.74 Å². The Kier molecular flexibility index (Phi) is 6.27. The Bertz CT molecular complexity index is 701. The quantitative estimate of drug-likeness (QED) is 0.677. The predicted molar refractivity (Wildman–Crippen MR) is 92.5 cm³/mol. The van der Waals surface area contributed by atoms with Crippen molar-refractivity contribution in [2.45, 2.75) is 6.92 Å². The van der Waals surface area contributed by atoms with E-state index in [2.05, 4.69) is 20.9 Å². The van der Waals surface area contributed by atoms with Crippen molar-refractivity contribution < 1.29 is 14.3 Å². The van der Waals surface area contributed by atoms with Crippen LogP contribution in [0.25, 0.3) is 0 Å². The Hall–Kier alpha value is -2.93. The van der Waals surface area contributed by atoms with E-state index in [9.17, 15) is 9.59 Å². The first-order valence-corrected chi connectivity index (χ1v) is 7.45. The van der Waals surface area contributed by atoms with E-state index in [0.29, 0.717) is 24.4 Å². The maximum absolute atomic E-state index is 12.0. The third-order valence-electron chi connectivity index (χ3n) is 3.09. The summed E-state index contributed by atoms with van der Waals surface area (Å²) >= 11 is 0. The molecule has 7 heteroatoms. The topological polar surface area (TPSA) is 92.3 Å². The molecule has 1 aromatic carbocycles. The number of hydrogen-bond acceptors (Lipinski definition) is 5. The number of amides is 2. The molecule has 24 heavy (non-hydrogen) atoms. The second-order valence-electron chi connectivity index (χ2n) is 5.09. The third-order valence-corrected chi connectivity index (χ3v) is 3.09. The van der Waals surface area contributed by atoms with Gasteiger partial charge in [0.25, 0.3) is 5.91 Å². The minimum absolute atomic E-state index is 0.118. The molecule has 3 N–H and O–H groups in total. The fourth-order valence-electron chi connectivity index (χ4n) is 2.01. The fraction of sp³-hybridized carbons (Fsp3) is 0.235. The highest BCUT2D eigenvalue weighted by molar-refractivity contribution is 5.94. The summed E-state index contributed by atoms with van der Waals surface area (Å²) in [7, 11) is 1.58. The maximum atomic E-state index is 12.0. The molecule has 0 aliphatic carbocycles. The molecule has 0 aliphatic heterocycles. The molecular weight excluding hydrogens is 308 g/mol. The first-order valence-electron chi connectivity index (χ1n) is 7.45. The molecule has 2 rings (SSSR count). The Morgan fingerprint density at radius 1 is 1.08 bits per heavy atom. The molecule has 0 bridgehead atoms. The van der Waals surface area contributed by atoms with Crippen LogP contribution in [-0.4, -0.2) is 37.1 Å². The second kappa shape index (κ2) is 8.64. The summed E-state index contributed by atoms with van der Waals surface area (Å²) in [5.74, 6) is -0.323. The number of carbonyl (C=O) groups excluding carboxylic acids is 2. The van der Waals surface area contributed by atoms with Crippen LogP contribution < -0.4 is 16.0 Å². The monoisotopic (exact) mass is 328 g/mol. The van der Waals surface area contributed by atoms with Crippen LogP contribution in [0.4, 0.5) is 17.1 Å². The lowest BCUT2D eigenvalue weighted by atomic mass is 10.2. The van der Waals surface area contributed by atoms with Crippen LogP contribution in [0.15, 0.2) is 42.7 Å². The van der Waals surface area contributed by atoms with Crippen molar-refractivity contribution in [1.82, 2.24) is 10.3 Å². The van der Waals surface area contributed by atoms with Gasteiger partial charge < -0.3 is 20.7 Å². The molecule has 0 fully saturated rings. The van der Waals surface area contributed by atoms with Crippen LogP contribution in [0.3, 0.4) is 0 Å². The number of methoxy groups -OCH3 is 1. The first-order chi connectivity index (χ1) is 11.6. The van der Waals surface area contributed by atoms with Crippen molar-refractivity contribution in [2.24, 2.45) is 0 Å². The van der Waals surface area contributed by atoms with Gasteiger partial charge in [0, 0.05) is 38.1 Å². The lowest BCUT2D eigenvalue weighted by Gasteiger charge is -2.09. The van der Waals surface area contributed by atoms with Gasteiger partial charge >= 0.3 is 0 Å². The van der Waals surface area contributed by atoms with E-state index in [1.54, 1.807) is 31.5 Å². The van der Waals surface area contributed by atoms with Gasteiger partial charge in [-0.15, -0.1) is 0 Å². The van der Waals surface area contributed by atoms with Gasteiger partial charge in [-0.1, -0.05) is 0 Å². The number of nitrogens with one attached hydrogen (secondary N) is 3. The van der Waals surface area contributed by atoms with Crippen LogP contribution in [-0.2, 0) is 9.53 Å². The minimum Gasteiger partial charge on any atom is -0.383 e. The van der Waals surface area contributed by atoms with Gasteiger partial charge in [0.1, 0.15) is 0 Å². The summed E-state index contributed by atoms with van der Waals surface area (Å²) in [5, 5.41) is 8.61. The van der Waals surface area contributed by atoms with Crippen LogP contribution in [0, 0.1) is 0 Å². The normalized spacial score (nSPS) is 10.1. The summed E-state index contributed by atoms with van der Waals surface area (Å²) in [4.78, 5) is 27.1. The summed E-state index contributed by atoms with van der Waals surface area (Å²) < 4.78 is 4.90. The number of aromatic nitrogens is 1. The number of hydrogen-bond donors (Lipinski definition) is 3. The summed E-state index contributed by atoms with van der Waals surface area (Å²) in [6.07, 6.45) is 3.14. The molecule has 7 nitrogen and oxygen atoms in total. The van der Waals surface area contributed by atoms with E-state index in [-0.39, 0.29) is 11.8 Å². The molecule has 126 valence electrons. The Balaban J connectivity index is 2.01. The molecule has 0 radical (unpaired) electrons. The van der Waals surface area contributed by atoms with Crippen molar-refractivity contribution in [1.29, 1.82) is 0 Å². The molecule has 2 aromatic rings. The number of anilines is 3. The number of benzene rings is 1. The number of nitrogens with zero attached hydrogens (tertiary/aromatic N) is 1. The molecule has 1 heterocycles. The van der Waals surface area contributed by atoms with Gasteiger partial charge in [-0.2, -0.15) is 0 Å². The highest BCUT2D eigenvalue weighted by atomic mass is 16.5. The minimum atomic E-state index is -0.204. The van der Waals surface area contributed by atoms with E-state index in [0.717, 1.165) is 11.4 Å². The van der Waals surface area contributed by atoms with Crippen LogP contribution in [0.2, 0.25) is 0 Å².